The van der Waals surface area contributed by atoms with E-state index in [-0.39, 0.29) is 41.5 Å². The molecule has 1 aliphatic carbocycles. The molecule has 0 aliphatic heterocycles. The molecule has 1 aliphatic rings. The third-order valence-corrected chi connectivity index (χ3v) is 5.86. The van der Waals surface area contributed by atoms with Crippen molar-refractivity contribution >= 4 is 23.2 Å². The molecular formula is C25H32F2N6O3. The van der Waals surface area contributed by atoms with Gasteiger partial charge in [0.15, 0.2) is 11.6 Å². The number of aliphatic hydroxyl groups is 1. The van der Waals surface area contributed by atoms with Crippen LogP contribution >= 0.6 is 0 Å². The summed E-state index contributed by atoms with van der Waals surface area (Å²) in [6, 6.07) is 4.21. The molecule has 11 heteroatoms. The van der Waals surface area contributed by atoms with E-state index in [0.717, 1.165) is 31.7 Å². The average molecular weight is 503 g/mol. The van der Waals surface area contributed by atoms with Crippen LogP contribution in [-0.4, -0.2) is 58.1 Å². The van der Waals surface area contributed by atoms with Gasteiger partial charge in [0, 0.05) is 24.5 Å². The number of amides is 1. The lowest BCUT2D eigenvalue weighted by Gasteiger charge is -2.23. The monoisotopic (exact) mass is 502 g/mol. The van der Waals surface area contributed by atoms with Crippen LogP contribution < -0.4 is 16.0 Å². The average Bonchev–Trinajstić information content (AvgIpc) is 3.35. The van der Waals surface area contributed by atoms with Gasteiger partial charge in [-0.1, -0.05) is 12.8 Å². The lowest BCUT2D eigenvalue weighted by atomic mass is 10.0. The van der Waals surface area contributed by atoms with E-state index in [9.17, 15) is 18.7 Å². The minimum absolute atomic E-state index is 0.0775. The van der Waals surface area contributed by atoms with Gasteiger partial charge in [-0.15, -0.1) is 0 Å². The van der Waals surface area contributed by atoms with Gasteiger partial charge in [0.25, 0.3) is 5.91 Å². The number of carbonyl (C=O) groups excluding carboxylic acids is 1. The molecule has 2 heterocycles. The van der Waals surface area contributed by atoms with Gasteiger partial charge < -0.3 is 25.8 Å². The van der Waals surface area contributed by atoms with Crippen LogP contribution in [0.3, 0.4) is 0 Å². The number of rotatable bonds is 11. The Morgan fingerprint density at radius 2 is 2.03 bits per heavy atom. The van der Waals surface area contributed by atoms with E-state index in [4.69, 9.17) is 10.00 Å². The van der Waals surface area contributed by atoms with Crippen LogP contribution in [0.2, 0.25) is 0 Å². The number of hydrogen-bond donors (Lipinski definition) is 4. The van der Waals surface area contributed by atoms with Crippen molar-refractivity contribution < 1.29 is 23.4 Å². The van der Waals surface area contributed by atoms with Gasteiger partial charge in [-0.3, -0.25) is 4.79 Å². The summed E-state index contributed by atoms with van der Waals surface area (Å²) in [4.78, 5) is 20.9. The molecule has 0 bridgehead atoms. The summed E-state index contributed by atoms with van der Waals surface area (Å²) in [5.41, 5.74) is -1.01. The predicted octanol–water partition coefficient (Wildman–Crippen LogP) is 3.83. The molecule has 0 radical (unpaired) electrons. The van der Waals surface area contributed by atoms with E-state index in [1.807, 2.05) is 13.0 Å². The van der Waals surface area contributed by atoms with Crippen molar-refractivity contribution in [1.82, 2.24) is 15.3 Å². The zero-order chi connectivity index (χ0) is 26.3. The molecule has 9 nitrogen and oxygen atoms in total. The van der Waals surface area contributed by atoms with E-state index in [2.05, 4.69) is 25.9 Å². The van der Waals surface area contributed by atoms with Crippen molar-refractivity contribution in [2.24, 2.45) is 0 Å². The number of nitrogens with one attached hydrogen (secondary N) is 3. The fourth-order valence-electron chi connectivity index (χ4n) is 3.71. The summed E-state index contributed by atoms with van der Waals surface area (Å²) in [5.74, 6) is -1.25. The summed E-state index contributed by atoms with van der Waals surface area (Å²) in [7, 11) is 0. The number of halogens is 2. The summed E-state index contributed by atoms with van der Waals surface area (Å²) in [5, 5.41) is 27.1. The van der Waals surface area contributed by atoms with Crippen LogP contribution in [0.4, 0.5) is 26.1 Å². The van der Waals surface area contributed by atoms with Crippen LogP contribution in [-0.2, 0) is 4.74 Å². The molecule has 36 heavy (non-hydrogen) atoms. The fraction of sp³-hybridized carbons (Fsp3) is 0.520. The first-order valence-electron chi connectivity index (χ1n) is 11.9. The Labute approximate surface area is 209 Å². The molecule has 0 aromatic carbocycles. The summed E-state index contributed by atoms with van der Waals surface area (Å²) in [6.07, 6.45) is 5.41. The number of hydrogen-bond acceptors (Lipinski definition) is 8. The first kappa shape index (κ1) is 27.2. The molecule has 1 amide bonds. The van der Waals surface area contributed by atoms with Gasteiger partial charge in [0.1, 0.15) is 18.1 Å². The number of ether oxygens (including phenoxy) is 1. The minimum Gasteiger partial charge on any atom is -0.387 e. The third kappa shape index (κ3) is 7.57. The smallest absolute Gasteiger partial charge is 0.255 e. The molecule has 194 valence electrons. The normalized spacial score (nSPS) is 15.7. The van der Waals surface area contributed by atoms with Crippen LogP contribution in [0.25, 0.3) is 0 Å². The topological polar surface area (TPSA) is 132 Å². The molecule has 0 unspecified atom stereocenters. The van der Waals surface area contributed by atoms with E-state index < -0.39 is 23.5 Å². The second-order valence-corrected chi connectivity index (χ2v) is 9.52. The molecule has 1 saturated carbocycles. The zero-order valence-corrected chi connectivity index (χ0v) is 20.6. The highest BCUT2D eigenvalue weighted by atomic mass is 19.1. The van der Waals surface area contributed by atoms with Gasteiger partial charge in [0.05, 0.1) is 41.7 Å². The molecule has 4 N–H and O–H groups in total. The Balaban J connectivity index is 1.78. The first-order valence-corrected chi connectivity index (χ1v) is 11.9. The van der Waals surface area contributed by atoms with Crippen molar-refractivity contribution in [3.8, 4) is 6.07 Å². The Hall–Kier alpha value is -3.36. The number of nitriles is 1. The summed E-state index contributed by atoms with van der Waals surface area (Å²) in [6.45, 7) is 4.57. The standard InChI is InChI=1S/C25H32F2N6O3/c1-15(14-36-17-6-4-5-7-17)32-20-9-22(33-23-19(26)8-16(10-28)11-30-23)29-12-18(20)24(34)31-13-21(27)25(2,3)35/h8-9,11-12,15,17,21,35H,4-7,13-14H2,1-3H3,(H,31,34)(H2,29,30,32,33)/t15-,21+/m0/s1. The minimum atomic E-state index is -1.67. The Kier molecular flexibility index (Phi) is 9.12. The first-order chi connectivity index (χ1) is 17.1. The van der Waals surface area contributed by atoms with Crippen LogP contribution in [0, 0.1) is 17.1 Å². The number of pyridine rings is 2. The Bertz CT molecular complexity index is 1100. The van der Waals surface area contributed by atoms with Crippen LogP contribution in [0.15, 0.2) is 24.5 Å². The number of alkyl halides is 1. The van der Waals surface area contributed by atoms with Crippen LogP contribution in [0.5, 0.6) is 0 Å². The van der Waals surface area contributed by atoms with Gasteiger partial charge in [0.2, 0.25) is 0 Å². The van der Waals surface area contributed by atoms with Crippen molar-refractivity contribution in [1.29, 1.82) is 5.26 Å². The number of nitrogens with zero attached hydrogens (tertiary/aromatic N) is 3. The van der Waals surface area contributed by atoms with Gasteiger partial charge in [-0.05, 0) is 39.7 Å². The van der Waals surface area contributed by atoms with Crippen molar-refractivity contribution in [2.45, 2.75) is 70.4 Å². The van der Waals surface area contributed by atoms with Gasteiger partial charge in [-0.2, -0.15) is 5.26 Å². The quantitative estimate of drug-likeness (QED) is 0.365. The van der Waals surface area contributed by atoms with Crippen LogP contribution in [0.1, 0.15) is 62.4 Å². The van der Waals surface area contributed by atoms with Crippen molar-refractivity contribution in [3.63, 3.8) is 0 Å². The molecular weight excluding hydrogens is 470 g/mol. The van der Waals surface area contributed by atoms with E-state index in [1.165, 1.54) is 32.3 Å². The molecule has 0 saturated heterocycles. The molecule has 2 aromatic rings. The Morgan fingerprint density at radius 1 is 1.31 bits per heavy atom. The molecule has 3 rings (SSSR count). The second-order valence-electron chi connectivity index (χ2n) is 9.52. The van der Waals surface area contributed by atoms with Crippen molar-refractivity contribution in [3.05, 3.63) is 41.5 Å². The van der Waals surface area contributed by atoms with E-state index in [1.54, 1.807) is 0 Å². The third-order valence-electron chi connectivity index (χ3n) is 5.86. The fourth-order valence-corrected chi connectivity index (χ4v) is 3.71. The predicted molar refractivity (Wildman–Crippen MR) is 131 cm³/mol. The maximum Gasteiger partial charge on any atom is 0.255 e. The zero-order valence-electron chi connectivity index (χ0n) is 20.6. The SMILES string of the molecule is C[C@@H](COC1CCCC1)Nc1cc(Nc2ncc(C#N)cc2F)ncc1C(=O)NC[C@@H](F)C(C)(C)O. The lowest BCUT2D eigenvalue weighted by Crippen LogP contribution is -2.42. The molecule has 1 fully saturated rings. The lowest BCUT2D eigenvalue weighted by molar-refractivity contribution is -0.00177. The molecule has 0 spiro atoms. The summed E-state index contributed by atoms with van der Waals surface area (Å²) < 4.78 is 34.4. The molecule has 2 aromatic heterocycles. The van der Waals surface area contributed by atoms with Gasteiger partial charge in [-0.25, -0.2) is 18.7 Å². The summed E-state index contributed by atoms with van der Waals surface area (Å²) >= 11 is 0. The highest BCUT2D eigenvalue weighted by Gasteiger charge is 2.27. The highest BCUT2D eigenvalue weighted by Crippen LogP contribution is 2.25. The number of anilines is 3. The number of carbonyl (C=O) groups is 1. The van der Waals surface area contributed by atoms with E-state index >= 15 is 0 Å². The number of aromatic nitrogens is 2. The van der Waals surface area contributed by atoms with Crippen molar-refractivity contribution in [2.75, 3.05) is 23.8 Å². The largest absolute Gasteiger partial charge is 0.387 e. The maximum atomic E-state index is 14.3. The van der Waals surface area contributed by atoms with Gasteiger partial charge >= 0.3 is 0 Å². The molecule has 2 atom stereocenters. The highest BCUT2D eigenvalue weighted by molar-refractivity contribution is 5.99. The Morgan fingerprint density at radius 3 is 2.67 bits per heavy atom. The second kappa shape index (κ2) is 12.1. The van der Waals surface area contributed by atoms with E-state index in [0.29, 0.717) is 12.3 Å². The maximum absolute atomic E-state index is 14.3.